The van der Waals surface area contributed by atoms with Gasteiger partial charge in [0.1, 0.15) is 0 Å². The van der Waals surface area contributed by atoms with E-state index in [0.717, 1.165) is 11.1 Å². The molecule has 2 aromatic rings. The second-order valence-electron chi connectivity index (χ2n) is 5.52. The van der Waals surface area contributed by atoms with Crippen LogP contribution in [0.5, 0.6) is 0 Å². The molecule has 3 nitrogen and oxygen atoms in total. The van der Waals surface area contributed by atoms with E-state index in [1.165, 1.54) is 0 Å². The molecule has 1 aliphatic heterocycles. The van der Waals surface area contributed by atoms with Crippen molar-refractivity contribution >= 4 is 27.8 Å². The van der Waals surface area contributed by atoms with Crippen LogP contribution in [0.2, 0.25) is 0 Å². The Balaban J connectivity index is 2.01. The van der Waals surface area contributed by atoms with Gasteiger partial charge in [0.2, 0.25) is 0 Å². The lowest BCUT2D eigenvalue weighted by Crippen LogP contribution is -2.28. The van der Waals surface area contributed by atoms with Gasteiger partial charge in [-0.1, -0.05) is 60.7 Å². The highest BCUT2D eigenvalue weighted by molar-refractivity contribution is 7.92. The average molecular weight is 324 g/mol. The van der Waals surface area contributed by atoms with E-state index >= 15 is 0 Å². The quantitative estimate of drug-likeness (QED) is 0.797. The number of rotatable bonds is 2. The first-order valence-electron chi connectivity index (χ1n) is 7.30. The van der Waals surface area contributed by atoms with Gasteiger partial charge in [-0.25, -0.2) is 8.42 Å². The maximum absolute atomic E-state index is 12.6. The molecule has 0 aliphatic carbocycles. The van der Waals surface area contributed by atoms with Crippen molar-refractivity contribution in [3.05, 3.63) is 82.9 Å². The Morgan fingerprint density at radius 3 is 1.48 bits per heavy atom. The maximum Gasteiger partial charge on any atom is 0.187 e. The van der Waals surface area contributed by atoms with Crippen LogP contribution in [0, 0.1) is 0 Å². The van der Waals surface area contributed by atoms with Gasteiger partial charge in [-0.15, -0.1) is 0 Å². The average Bonchev–Trinajstić information content (AvgIpc) is 2.53. The molecule has 2 aromatic carbocycles. The lowest BCUT2D eigenvalue weighted by molar-refractivity contribution is -0.112. The van der Waals surface area contributed by atoms with Gasteiger partial charge >= 0.3 is 0 Å². The highest BCUT2D eigenvalue weighted by Crippen LogP contribution is 2.23. The van der Waals surface area contributed by atoms with Crippen LogP contribution in [0.1, 0.15) is 11.1 Å². The highest BCUT2D eigenvalue weighted by Gasteiger charge is 2.30. The van der Waals surface area contributed by atoms with E-state index in [2.05, 4.69) is 0 Å². The molecule has 0 unspecified atom stereocenters. The van der Waals surface area contributed by atoms with Crippen molar-refractivity contribution in [2.45, 2.75) is 0 Å². The molecule has 23 heavy (non-hydrogen) atoms. The fraction of sp³-hybridized carbons (Fsp3) is 0.105. The fourth-order valence-corrected chi connectivity index (χ4v) is 4.06. The molecular weight excluding hydrogens is 308 g/mol. The van der Waals surface area contributed by atoms with E-state index in [9.17, 15) is 13.2 Å². The van der Waals surface area contributed by atoms with Gasteiger partial charge in [0.15, 0.2) is 15.6 Å². The Hall–Kier alpha value is -2.46. The zero-order valence-corrected chi connectivity index (χ0v) is 13.3. The van der Waals surface area contributed by atoms with Crippen molar-refractivity contribution < 1.29 is 13.2 Å². The summed E-state index contributed by atoms with van der Waals surface area (Å²) in [5.41, 5.74) is 2.30. The summed E-state index contributed by atoms with van der Waals surface area (Å²) in [4.78, 5) is 12.6. The molecule has 0 bridgehead atoms. The van der Waals surface area contributed by atoms with E-state index in [-0.39, 0.29) is 17.3 Å². The number of carbonyl (C=O) groups is 1. The van der Waals surface area contributed by atoms with Crippen molar-refractivity contribution in [1.82, 2.24) is 0 Å². The summed E-state index contributed by atoms with van der Waals surface area (Å²) in [7, 11) is -3.31. The van der Waals surface area contributed by atoms with Gasteiger partial charge in [-0.3, -0.25) is 4.79 Å². The second-order valence-corrected chi connectivity index (χ2v) is 7.59. The summed E-state index contributed by atoms with van der Waals surface area (Å²) in [5.74, 6) is -0.591. The van der Waals surface area contributed by atoms with Gasteiger partial charge in [0, 0.05) is 11.1 Å². The van der Waals surface area contributed by atoms with Crippen molar-refractivity contribution in [2.24, 2.45) is 0 Å². The molecule has 4 heteroatoms. The molecular formula is C19H16O3S. The summed E-state index contributed by atoms with van der Waals surface area (Å²) in [6.07, 6.45) is 3.33. The van der Waals surface area contributed by atoms with Crippen molar-refractivity contribution in [3.8, 4) is 0 Å². The van der Waals surface area contributed by atoms with Crippen molar-refractivity contribution in [1.29, 1.82) is 0 Å². The van der Waals surface area contributed by atoms with E-state index in [1.54, 1.807) is 12.2 Å². The molecule has 0 atom stereocenters. The van der Waals surface area contributed by atoms with Crippen LogP contribution in [-0.4, -0.2) is 25.7 Å². The molecule has 0 spiro atoms. The monoisotopic (exact) mass is 324 g/mol. The largest absolute Gasteiger partial charge is 0.289 e. The van der Waals surface area contributed by atoms with E-state index in [1.807, 2.05) is 60.7 Å². The third-order valence-electron chi connectivity index (χ3n) is 3.62. The SMILES string of the molecule is O=C1/C(=C/c2ccccc2)CS(=O)(=O)C/C1=C\c1ccccc1. The van der Waals surface area contributed by atoms with Crippen LogP contribution in [0.15, 0.2) is 71.8 Å². The Morgan fingerprint density at radius 2 is 1.09 bits per heavy atom. The van der Waals surface area contributed by atoms with Gasteiger partial charge in [-0.2, -0.15) is 0 Å². The molecule has 1 heterocycles. The van der Waals surface area contributed by atoms with Crippen LogP contribution in [0.25, 0.3) is 12.2 Å². The zero-order valence-electron chi connectivity index (χ0n) is 12.5. The summed E-state index contributed by atoms with van der Waals surface area (Å²) in [6.45, 7) is 0. The molecule has 1 saturated heterocycles. The predicted molar refractivity (Wildman–Crippen MR) is 92.5 cm³/mol. The Morgan fingerprint density at radius 1 is 0.696 bits per heavy atom. The number of hydrogen-bond donors (Lipinski definition) is 0. The molecule has 0 aromatic heterocycles. The third-order valence-corrected chi connectivity index (χ3v) is 5.12. The lowest BCUT2D eigenvalue weighted by atomic mass is 10.0. The summed E-state index contributed by atoms with van der Waals surface area (Å²) in [6, 6.07) is 18.6. The molecule has 0 N–H and O–H groups in total. The molecule has 3 rings (SSSR count). The predicted octanol–water partition coefficient (Wildman–Crippen LogP) is 3.15. The summed E-state index contributed by atoms with van der Waals surface area (Å²) in [5, 5.41) is 0. The molecule has 0 saturated carbocycles. The Bertz CT molecular complexity index is 809. The van der Waals surface area contributed by atoms with Crippen LogP contribution in [0.4, 0.5) is 0 Å². The number of benzene rings is 2. The van der Waals surface area contributed by atoms with Crippen LogP contribution >= 0.6 is 0 Å². The van der Waals surface area contributed by atoms with Crippen LogP contribution in [-0.2, 0) is 14.6 Å². The number of hydrogen-bond acceptors (Lipinski definition) is 3. The minimum absolute atomic E-state index is 0.187. The van der Waals surface area contributed by atoms with Crippen LogP contribution < -0.4 is 0 Å². The molecule has 1 fully saturated rings. The van der Waals surface area contributed by atoms with Gasteiger partial charge in [0.25, 0.3) is 0 Å². The lowest BCUT2D eigenvalue weighted by Gasteiger charge is -2.17. The standard InChI is InChI=1S/C19H16O3S/c20-19-17(11-15-7-3-1-4-8-15)13-23(21,22)14-18(19)12-16-9-5-2-6-10-16/h1-12H,13-14H2/b17-11+,18-12+. The second kappa shape index (κ2) is 6.34. The number of carbonyl (C=O) groups excluding carboxylic acids is 1. The molecule has 0 radical (unpaired) electrons. The first-order valence-corrected chi connectivity index (χ1v) is 9.12. The smallest absolute Gasteiger partial charge is 0.187 e. The first-order chi connectivity index (χ1) is 11.0. The highest BCUT2D eigenvalue weighted by atomic mass is 32.2. The first kappa shape index (κ1) is 15.4. The number of ketones is 1. The third kappa shape index (κ3) is 3.85. The van der Waals surface area contributed by atoms with Gasteiger partial charge < -0.3 is 0 Å². The van der Waals surface area contributed by atoms with Crippen molar-refractivity contribution in [2.75, 3.05) is 11.5 Å². The minimum Gasteiger partial charge on any atom is -0.289 e. The fourth-order valence-electron chi connectivity index (χ4n) is 2.58. The molecule has 0 amide bonds. The van der Waals surface area contributed by atoms with Gasteiger partial charge in [0.05, 0.1) is 11.5 Å². The van der Waals surface area contributed by atoms with Crippen molar-refractivity contribution in [3.63, 3.8) is 0 Å². The van der Waals surface area contributed by atoms with E-state index in [0.29, 0.717) is 11.1 Å². The Kier molecular flexibility index (Phi) is 4.26. The zero-order chi connectivity index (χ0) is 16.3. The maximum atomic E-state index is 12.6. The number of sulfone groups is 1. The molecule has 116 valence electrons. The Labute approximate surface area is 135 Å². The van der Waals surface area contributed by atoms with E-state index < -0.39 is 9.84 Å². The molecule has 1 aliphatic rings. The summed E-state index contributed by atoms with van der Waals surface area (Å²) < 4.78 is 24.3. The topological polar surface area (TPSA) is 51.2 Å². The minimum atomic E-state index is -3.31. The van der Waals surface area contributed by atoms with Gasteiger partial charge in [-0.05, 0) is 23.3 Å². The van der Waals surface area contributed by atoms with Crippen LogP contribution in [0.3, 0.4) is 0 Å². The normalized spacial score (nSPS) is 20.8. The van der Waals surface area contributed by atoms with E-state index in [4.69, 9.17) is 0 Å². The summed E-state index contributed by atoms with van der Waals surface area (Å²) >= 11 is 0. The number of Topliss-reactive ketones (excluding diaryl/α,β-unsaturated/α-hetero) is 1.